The van der Waals surface area contributed by atoms with Crippen molar-refractivity contribution in [2.45, 2.75) is 44.5 Å². The van der Waals surface area contributed by atoms with Crippen molar-refractivity contribution in [1.82, 2.24) is 9.55 Å². The Balaban J connectivity index is 2.24. The summed E-state index contributed by atoms with van der Waals surface area (Å²) in [5.74, 6) is -0.763. The molecule has 1 aromatic rings. The smallest absolute Gasteiger partial charge is 0.472 e. The number of ether oxygens (including phenoxy) is 1. The van der Waals surface area contributed by atoms with Crippen molar-refractivity contribution in [1.29, 1.82) is 0 Å². The highest BCUT2D eigenvalue weighted by Gasteiger charge is 2.49. The van der Waals surface area contributed by atoms with Crippen LogP contribution in [0.4, 0.5) is 0 Å². The minimum absolute atomic E-state index is 0.625. The summed E-state index contributed by atoms with van der Waals surface area (Å²) in [6.07, 6.45) is -5.14. The van der Waals surface area contributed by atoms with Crippen LogP contribution in [0.1, 0.15) is 20.1 Å². The van der Waals surface area contributed by atoms with Crippen molar-refractivity contribution < 1.29 is 38.6 Å². The first-order valence-corrected chi connectivity index (χ1v) is 8.54. The first-order chi connectivity index (χ1) is 11.1. The molecule has 1 aliphatic heterocycles. The summed E-state index contributed by atoms with van der Waals surface area (Å²) in [7, 11) is -4.53. The van der Waals surface area contributed by atoms with E-state index in [1.807, 2.05) is 0 Å². The van der Waals surface area contributed by atoms with Gasteiger partial charge in [0.25, 0.3) is 0 Å². The lowest BCUT2D eigenvalue weighted by Crippen LogP contribution is -2.37. The normalized spacial score (nSPS) is 29.8. The van der Waals surface area contributed by atoms with Crippen LogP contribution in [0.2, 0.25) is 0 Å². The van der Waals surface area contributed by atoms with Crippen molar-refractivity contribution in [3.05, 3.63) is 22.7 Å². The average molecular weight is 365 g/mol. The maximum absolute atomic E-state index is 11.9. The molecule has 1 unspecified atom stereocenters. The predicted molar refractivity (Wildman–Crippen MR) is 75.9 cm³/mol. The van der Waals surface area contributed by atoms with Gasteiger partial charge in [-0.25, -0.2) is 14.3 Å². The lowest BCUT2D eigenvalue weighted by molar-refractivity contribution is -0.275. The van der Waals surface area contributed by atoms with Crippen molar-refractivity contribution in [2.75, 3.05) is 6.61 Å². The highest BCUT2D eigenvalue weighted by atomic mass is 31.2. The van der Waals surface area contributed by atoms with Crippen LogP contribution in [0.25, 0.3) is 0 Å². The third-order valence-corrected chi connectivity index (χ3v) is 4.36. The van der Waals surface area contributed by atoms with Crippen molar-refractivity contribution in [3.63, 3.8) is 0 Å². The largest absolute Gasteiger partial charge is 0.858 e. The summed E-state index contributed by atoms with van der Waals surface area (Å²) in [5, 5.41) is 30.6. The van der Waals surface area contributed by atoms with E-state index < -0.39 is 56.6 Å². The molecule has 0 aromatic carbocycles. The number of phosphoric ester groups is 1. The van der Waals surface area contributed by atoms with Crippen LogP contribution in [-0.4, -0.2) is 55.7 Å². The molecule has 1 aliphatic rings. The lowest BCUT2D eigenvalue weighted by Gasteiger charge is -2.23. The average Bonchev–Trinajstić information content (AvgIpc) is 2.74. The molecule has 3 N–H and O–H groups in total. The summed E-state index contributed by atoms with van der Waals surface area (Å²) < 4.78 is 27.6. The van der Waals surface area contributed by atoms with E-state index in [1.54, 1.807) is 0 Å². The van der Waals surface area contributed by atoms with Crippen LogP contribution < -0.4 is 10.8 Å². The molecular formula is C12H18N2O9P-. The summed E-state index contributed by atoms with van der Waals surface area (Å²) in [4.78, 5) is 24.6. The molecule has 11 nitrogen and oxygen atoms in total. The number of phosphoric acid groups is 1. The van der Waals surface area contributed by atoms with E-state index in [2.05, 4.69) is 4.98 Å². The number of hydrogen-bond acceptors (Lipinski definition) is 9. The van der Waals surface area contributed by atoms with Gasteiger partial charge in [-0.2, -0.15) is 0 Å². The second-order valence-corrected chi connectivity index (χ2v) is 6.75. The fourth-order valence-corrected chi connectivity index (χ4v) is 3.41. The first kappa shape index (κ1) is 19.0. The first-order valence-electron chi connectivity index (χ1n) is 7.05. The Bertz CT molecular complexity index is 679. The van der Waals surface area contributed by atoms with E-state index in [4.69, 9.17) is 13.8 Å². The summed E-state index contributed by atoms with van der Waals surface area (Å²) in [6, 6.07) is 0.985. The summed E-state index contributed by atoms with van der Waals surface area (Å²) in [6.45, 7) is 2.37. The van der Waals surface area contributed by atoms with E-state index in [0.717, 1.165) is 16.8 Å². The van der Waals surface area contributed by atoms with Crippen molar-refractivity contribution in [3.8, 4) is 5.88 Å². The molecule has 24 heavy (non-hydrogen) atoms. The Labute approximate surface area is 136 Å². The molecule has 0 amide bonds. The van der Waals surface area contributed by atoms with Gasteiger partial charge in [0, 0.05) is 6.20 Å². The standard InChI is InChI=1S/C12H19N2O9P/c1-6(2)22-24(19,20)23-10-7(5-15)21-11(9(10)17)14-4-3-8(16)13-12(14)18/h3-4,6-7,9-11,15,17H,5H2,1-2H3,(H,19,20)(H,13,16,18)/p-1/t7-,9-,10-,11-/m1/s1. The van der Waals surface area contributed by atoms with Crippen molar-refractivity contribution >= 4 is 7.82 Å². The topological polar surface area (TPSA) is 163 Å². The predicted octanol–water partition coefficient (Wildman–Crippen LogP) is -1.52. The van der Waals surface area contributed by atoms with E-state index in [0.29, 0.717) is 0 Å². The molecule has 5 atom stereocenters. The Hall–Kier alpha value is -1.33. The number of aliphatic hydroxyl groups is 2. The molecule has 1 saturated heterocycles. The minimum Gasteiger partial charge on any atom is -0.858 e. The lowest BCUT2D eigenvalue weighted by atomic mass is 10.1. The van der Waals surface area contributed by atoms with Gasteiger partial charge in [0.05, 0.1) is 12.7 Å². The van der Waals surface area contributed by atoms with E-state index >= 15 is 0 Å². The van der Waals surface area contributed by atoms with Gasteiger partial charge >= 0.3 is 13.5 Å². The van der Waals surface area contributed by atoms with E-state index in [1.165, 1.54) is 13.8 Å². The van der Waals surface area contributed by atoms with Gasteiger partial charge in [-0.1, -0.05) is 0 Å². The molecule has 12 heteroatoms. The fourth-order valence-electron chi connectivity index (χ4n) is 2.26. The fraction of sp³-hybridized carbons (Fsp3) is 0.667. The molecule has 0 bridgehead atoms. The third-order valence-electron chi connectivity index (χ3n) is 3.17. The molecule has 1 aromatic heterocycles. The van der Waals surface area contributed by atoms with Gasteiger partial charge in [0.1, 0.15) is 18.3 Å². The monoisotopic (exact) mass is 365 g/mol. The van der Waals surface area contributed by atoms with Gasteiger partial charge in [0.15, 0.2) is 6.23 Å². The molecule has 0 spiro atoms. The maximum atomic E-state index is 11.9. The van der Waals surface area contributed by atoms with E-state index in [9.17, 15) is 29.6 Å². The van der Waals surface area contributed by atoms with Crippen LogP contribution in [0.3, 0.4) is 0 Å². The van der Waals surface area contributed by atoms with Crippen LogP contribution in [0.5, 0.6) is 5.88 Å². The number of rotatable bonds is 6. The minimum atomic E-state index is -4.53. The highest BCUT2D eigenvalue weighted by molar-refractivity contribution is 7.47. The van der Waals surface area contributed by atoms with Gasteiger partial charge in [-0.15, -0.1) is 0 Å². The molecule has 0 radical (unpaired) electrons. The Morgan fingerprint density at radius 2 is 2.21 bits per heavy atom. The quantitative estimate of drug-likeness (QED) is 0.504. The van der Waals surface area contributed by atoms with Gasteiger partial charge in [-0.05, 0) is 25.8 Å². The number of nitrogens with zero attached hydrogens (tertiary/aromatic N) is 2. The molecule has 0 saturated carbocycles. The van der Waals surface area contributed by atoms with Gasteiger partial charge < -0.3 is 24.9 Å². The molecule has 2 rings (SSSR count). The zero-order chi connectivity index (χ0) is 18.1. The van der Waals surface area contributed by atoms with Crippen molar-refractivity contribution in [2.24, 2.45) is 0 Å². The van der Waals surface area contributed by atoms with Crippen LogP contribution in [0, 0.1) is 0 Å². The van der Waals surface area contributed by atoms with E-state index in [-0.39, 0.29) is 0 Å². The molecule has 1 fully saturated rings. The Morgan fingerprint density at radius 3 is 2.75 bits per heavy atom. The summed E-state index contributed by atoms with van der Waals surface area (Å²) in [5.41, 5.74) is -0.977. The zero-order valence-corrected chi connectivity index (χ0v) is 13.8. The molecule has 2 heterocycles. The molecule has 136 valence electrons. The highest BCUT2D eigenvalue weighted by Crippen LogP contribution is 2.49. The zero-order valence-electron chi connectivity index (χ0n) is 12.9. The maximum Gasteiger partial charge on any atom is 0.472 e. The third kappa shape index (κ3) is 4.19. The molecular weight excluding hydrogens is 347 g/mol. The van der Waals surface area contributed by atoms with Gasteiger partial charge in [0.2, 0.25) is 0 Å². The second-order valence-electron chi connectivity index (χ2n) is 5.39. The summed E-state index contributed by atoms with van der Waals surface area (Å²) >= 11 is 0. The number of hydrogen-bond donors (Lipinski definition) is 3. The Morgan fingerprint density at radius 1 is 1.54 bits per heavy atom. The number of aromatic nitrogens is 2. The van der Waals surface area contributed by atoms with Crippen LogP contribution >= 0.6 is 7.82 Å². The second kappa shape index (κ2) is 7.28. The van der Waals surface area contributed by atoms with Gasteiger partial charge in [-0.3, -0.25) is 13.6 Å². The number of aliphatic hydroxyl groups excluding tert-OH is 2. The molecule has 0 aliphatic carbocycles. The Kier molecular flexibility index (Phi) is 5.76. The van der Waals surface area contributed by atoms with Crippen LogP contribution in [0.15, 0.2) is 17.1 Å². The van der Waals surface area contributed by atoms with Crippen LogP contribution in [-0.2, 0) is 18.3 Å². The SMILES string of the molecule is CC(C)OP(=O)(O)O[C@H]1[C@@H](O)[C@H](n2ccc([O-])nc2=O)O[C@@H]1CO.